The molecule has 30 heavy (non-hydrogen) atoms. The first-order valence-electron chi connectivity index (χ1n) is 8.89. The second-order valence-corrected chi connectivity index (χ2v) is 7.79. The number of nitrogens with zero attached hydrogens (tertiary/aromatic N) is 4. The number of rotatable bonds is 8. The topological polar surface area (TPSA) is 115 Å². The molecule has 0 aliphatic heterocycles. The Balaban J connectivity index is 1.54. The Kier molecular flexibility index (Phi) is 6.91. The molecule has 1 amide bonds. The summed E-state index contributed by atoms with van der Waals surface area (Å²) >= 11 is 7.14. The van der Waals surface area contributed by atoms with E-state index in [9.17, 15) is 14.9 Å². The summed E-state index contributed by atoms with van der Waals surface area (Å²) in [5.41, 5.74) is 2.06. The largest absolute Gasteiger partial charge is 0.378 e. The fraction of sp³-hybridized carbons (Fsp3) is 0.211. The van der Waals surface area contributed by atoms with Crippen LogP contribution in [0.1, 0.15) is 11.4 Å². The minimum Gasteiger partial charge on any atom is -0.378 e. The van der Waals surface area contributed by atoms with Crippen LogP contribution in [0, 0.1) is 17.0 Å². The van der Waals surface area contributed by atoms with E-state index in [2.05, 4.69) is 20.8 Å². The summed E-state index contributed by atoms with van der Waals surface area (Å²) in [6.07, 6.45) is 0. The third kappa shape index (κ3) is 5.49. The quantitative estimate of drug-likeness (QED) is 0.305. The van der Waals surface area contributed by atoms with E-state index >= 15 is 0 Å². The fourth-order valence-corrected chi connectivity index (χ4v) is 3.45. The number of benzene rings is 2. The van der Waals surface area contributed by atoms with Crippen molar-refractivity contribution in [2.24, 2.45) is 7.05 Å². The Labute approximate surface area is 182 Å². The lowest BCUT2D eigenvalue weighted by atomic mass is 10.2. The summed E-state index contributed by atoms with van der Waals surface area (Å²) in [5, 5.41) is 26.4. The lowest BCUT2D eigenvalue weighted by Gasteiger charge is -2.08. The fourth-order valence-electron chi connectivity index (χ4n) is 2.59. The molecular formula is C19H19ClN6O3S. The van der Waals surface area contributed by atoms with E-state index in [0.717, 1.165) is 11.5 Å². The van der Waals surface area contributed by atoms with Gasteiger partial charge in [-0.1, -0.05) is 23.4 Å². The normalized spacial score (nSPS) is 10.6. The molecule has 2 N–H and O–H groups in total. The van der Waals surface area contributed by atoms with Crippen LogP contribution in [-0.4, -0.2) is 31.3 Å². The van der Waals surface area contributed by atoms with Crippen LogP contribution in [0.2, 0.25) is 5.02 Å². The highest BCUT2D eigenvalue weighted by atomic mass is 35.5. The van der Waals surface area contributed by atoms with Gasteiger partial charge in [0.25, 0.3) is 5.69 Å². The number of nitro benzene ring substituents is 1. The molecule has 0 unspecified atom stereocenters. The van der Waals surface area contributed by atoms with Gasteiger partial charge >= 0.3 is 0 Å². The Morgan fingerprint density at radius 2 is 1.97 bits per heavy atom. The standard InChI is InChI=1S/C19H19ClN6O3S/c1-12-9-15(26(28)29)7-8-16(12)22-18(27)11-30-19-24-23-17(25(19)2)10-21-14-5-3-13(20)4-6-14/h3-9,21H,10-11H2,1-2H3,(H,22,27). The summed E-state index contributed by atoms with van der Waals surface area (Å²) < 4.78 is 1.82. The number of hydrogen-bond acceptors (Lipinski definition) is 7. The number of nitrogens with one attached hydrogen (secondary N) is 2. The van der Waals surface area contributed by atoms with E-state index in [4.69, 9.17) is 11.6 Å². The van der Waals surface area contributed by atoms with Gasteiger partial charge in [-0.15, -0.1) is 10.2 Å². The molecular weight excluding hydrogens is 428 g/mol. The number of carbonyl (C=O) groups is 1. The number of hydrogen-bond donors (Lipinski definition) is 2. The van der Waals surface area contributed by atoms with Gasteiger partial charge < -0.3 is 15.2 Å². The first-order chi connectivity index (χ1) is 14.3. The van der Waals surface area contributed by atoms with Crippen molar-refractivity contribution in [3.8, 4) is 0 Å². The summed E-state index contributed by atoms with van der Waals surface area (Å²) in [6.45, 7) is 2.18. The molecule has 0 atom stereocenters. The predicted octanol–water partition coefficient (Wildman–Crippen LogP) is 4.03. The Morgan fingerprint density at radius 3 is 2.63 bits per heavy atom. The van der Waals surface area contributed by atoms with Crippen LogP contribution in [0.3, 0.4) is 0 Å². The molecule has 1 aromatic heterocycles. The molecule has 0 spiro atoms. The van der Waals surface area contributed by atoms with Gasteiger partial charge in [0.2, 0.25) is 5.91 Å². The van der Waals surface area contributed by atoms with Crippen molar-refractivity contribution in [3.05, 3.63) is 69.0 Å². The first-order valence-corrected chi connectivity index (χ1v) is 10.2. The molecule has 0 aliphatic carbocycles. The molecule has 11 heteroatoms. The predicted molar refractivity (Wildman–Crippen MR) is 117 cm³/mol. The van der Waals surface area contributed by atoms with Crippen LogP contribution in [0.5, 0.6) is 0 Å². The third-order valence-electron chi connectivity index (χ3n) is 4.25. The number of amides is 1. The van der Waals surface area contributed by atoms with Crippen molar-refractivity contribution in [2.45, 2.75) is 18.6 Å². The summed E-state index contributed by atoms with van der Waals surface area (Å²) in [7, 11) is 1.83. The maximum atomic E-state index is 12.3. The highest BCUT2D eigenvalue weighted by Crippen LogP contribution is 2.22. The summed E-state index contributed by atoms with van der Waals surface area (Å²) in [4.78, 5) is 22.6. The molecule has 0 bridgehead atoms. The minimum atomic E-state index is -0.470. The van der Waals surface area contributed by atoms with E-state index in [-0.39, 0.29) is 17.3 Å². The van der Waals surface area contributed by atoms with Crippen molar-refractivity contribution in [2.75, 3.05) is 16.4 Å². The number of nitro groups is 1. The minimum absolute atomic E-state index is 0.0151. The number of aryl methyl sites for hydroxylation is 1. The second kappa shape index (κ2) is 9.59. The Morgan fingerprint density at radius 1 is 1.23 bits per heavy atom. The highest BCUT2D eigenvalue weighted by Gasteiger charge is 2.13. The van der Waals surface area contributed by atoms with Gasteiger partial charge in [0, 0.05) is 35.6 Å². The molecule has 3 aromatic rings. The number of thioether (sulfide) groups is 1. The molecule has 2 aromatic carbocycles. The monoisotopic (exact) mass is 446 g/mol. The smallest absolute Gasteiger partial charge is 0.269 e. The van der Waals surface area contributed by atoms with Crippen molar-refractivity contribution in [3.63, 3.8) is 0 Å². The van der Waals surface area contributed by atoms with Gasteiger partial charge in [-0.2, -0.15) is 0 Å². The van der Waals surface area contributed by atoms with Crippen molar-refractivity contribution in [1.82, 2.24) is 14.8 Å². The van der Waals surface area contributed by atoms with Crippen molar-refractivity contribution < 1.29 is 9.72 Å². The number of anilines is 2. The Hall–Kier alpha value is -3.11. The molecule has 3 rings (SSSR count). The highest BCUT2D eigenvalue weighted by molar-refractivity contribution is 7.99. The number of carbonyl (C=O) groups excluding carboxylic acids is 1. The van der Waals surface area contributed by atoms with Gasteiger partial charge in [-0.3, -0.25) is 14.9 Å². The van der Waals surface area contributed by atoms with Gasteiger partial charge in [-0.25, -0.2) is 0 Å². The van der Waals surface area contributed by atoms with Gasteiger partial charge in [-0.05, 0) is 42.8 Å². The average Bonchev–Trinajstić information content (AvgIpc) is 3.07. The van der Waals surface area contributed by atoms with E-state index in [1.54, 1.807) is 19.1 Å². The van der Waals surface area contributed by atoms with E-state index < -0.39 is 4.92 Å². The number of non-ortho nitro benzene ring substituents is 1. The third-order valence-corrected chi connectivity index (χ3v) is 5.52. The lowest BCUT2D eigenvalue weighted by molar-refractivity contribution is -0.384. The molecule has 0 aliphatic rings. The average molecular weight is 447 g/mol. The van der Waals surface area contributed by atoms with Crippen molar-refractivity contribution in [1.29, 1.82) is 0 Å². The SMILES string of the molecule is Cc1cc([N+](=O)[O-])ccc1NC(=O)CSc1nnc(CNc2ccc(Cl)cc2)n1C. The zero-order valence-corrected chi connectivity index (χ0v) is 17.8. The van der Waals surface area contributed by atoms with Crippen LogP contribution < -0.4 is 10.6 Å². The van der Waals surface area contributed by atoms with Crippen LogP contribution in [0.15, 0.2) is 47.6 Å². The maximum absolute atomic E-state index is 12.3. The molecule has 9 nitrogen and oxygen atoms in total. The van der Waals surface area contributed by atoms with Crippen LogP contribution in [0.4, 0.5) is 17.1 Å². The molecule has 0 fully saturated rings. The Bertz CT molecular complexity index is 1070. The van der Waals surface area contributed by atoms with Gasteiger partial charge in [0.05, 0.1) is 17.2 Å². The van der Waals surface area contributed by atoms with Crippen LogP contribution in [0.25, 0.3) is 0 Å². The van der Waals surface area contributed by atoms with Crippen molar-refractivity contribution >= 4 is 46.3 Å². The number of halogens is 1. The zero-order chi connectivity index (χ0) is 21.7. The van der Waals surface area contributed by atoms with Crippen LogP contribution in [-0.2, 0) is 18.4 Å². The zero-order valence-electron chi connectivity index (χ0n) is 16.3. The molecule has 0 saturated heterocycles. The number of aromatic nitrogens is 3. The first kappa shape index (κ1) is 21.6. The van der Waals surface area contributed by atoms with E-state index in [0.29, 0.717) is 28.0 Å². The molecule has 1 heterocycles. The molecule has 0 radical (unpaired) electrons. The van der Waals surface area contributed by atoms with E-state index in [1.807, 2.05) is 23.7 Å². The van der Waals surface area contributed by atoms with Gasteiger partial charge in [0.1, 0.15) is 0 Å². The van der Waals surface area contributed by atoms with Crippen LogP contribution >= 0.6 is 23.4 Å². The molecule has 0 saturated carbocycles. The summed E-state index contributed by atoms with van der Waals surface area (Å²) in [6, 6.07) is 11.7. The summed E-state index contributed by atoms with van der Waals surface area (Å²) in [5.74, 6) is 0.618. The second-order valence-electron chi connectivity index (χ2n) is 6.41. The van der Waals surface area contributed by atoms with Gasteiger partial charge in [0.15, 0.2) is 11.0 Å². The molecule has 156 valence electrons. The lowest BCUT2D eigenvalue weighted by Crippen LogP contribution is -2.15. The maximum Gasteiger partial charge on any atom is 0.269 e. The van der Waals surface area contributed by atoms with E-state index in [1.165, 1.54) is 30.0 Å².